The number of halogens is 1. The standard InChI is InChI=1S/C9H8INO2/c10-7-4-2-1-3-6(7)8-5-13-9(12)11-8/h1-4,8H,5H2,(H,11,12)/t8-/m0/s1. The maximum Gasteiger partial charge on any atom is 0.407 e. The average molecular weight is 289 g/mol. The second-order valence-corrected chi connectivity index (χ2v) is 3.98. The molecule has 1 fully saturated rings. The van der Waals surface area contributed by atoms with Crippen molar-refractivity contribution in [3.8, 4) is 0 Å². The van der Waals surface area contributed by atoms with Gasteiger partial charge in [-0.2, -0.15) is 0 Å². The third-order valence-corrected chi connectivity index (χ3v) is 2.94. The number of cyclic esters (lactones) is 1. The predicted octanol–water partition coefficient (Wildman–Crippen LogP) is 2.07. The van der Waals surface area contributed by atoms with Crippen LogP contribution in [0.4, 0.5) is 4.79 Å². The summed E-state index contributed by atoms with van der Waals surface area (Å²) in [6, 6.07) is 7.97. The van der Waals surface area contributed by atoms with Crippen molar-refractivity contribution in [2.45, 2.75) is 6.04 Å². The molecular formula is C9H8INO2. The molecule has 68 valence electrons. The molecule has 1 aromatic rings. The van der Waals surface area contributed by atoms with Gasteiger partial charge in [-0.25, -0.2) is 4.79 Å². The number of nitrogens with one attached hydrogen (secondary N) is 1. The van der Waals surface area contributed by atoms with Crippen molar-refractivity contribution in [3.63, 3.8) is 0 Å². The Kier molecular flexibility index (Phi) is 2.39. The minimum Gasteiger partial charge on any atom is -0.447 e. The number of carbonyl (C=O) groups is 1. The van der Waals surface area contributed by atoms with Gasteiger partial charge in [-0.1, -0.05) is 18.2 Å². The molecule has 1 atom stereocenters. The first-order chi connectivity index (χ1) is 6.27. The number of hydrogen-bond acceptors (Lipinski definition) is 2. The molecule has 0 bridgehead atoms. The van der Waals surface area contributed by atoms with Gasteiger partial charge in [0.2, 0.25) is 0 Å². The summed E-state index contributed by atoms with van der Waals surface area (Å²) < 4.78 is 5.97. The van der Waals surface area contributed by atoms with Crippen LogP contribution in [0, 0.1) is 3.57 Å². The summed E-state index contributed by atoms with van der Waals surface area (Å²) in [6.45, 7) is 0.429. The lowest BCUT2D eigenvalue weighted by atomic mass is 10.1. The number of alkyl carbamates (subject to hydrolysis) is 1. The second-order valence-electron chi connectivity index (χ2n) is 2.82. The summed E-state index contributed by atoms with van der Waals surface area (Å²) in [5.74, 6) is 0. The SMILES string of the molecule is O=C1N[C@H](c2ccccc2I)CO1. The summed E-state index contributed by atoms with van der Waals surface area (Å²) in [4.78, 5) is 10.8. The molecule has 4 heteroatoms. The minimum absolute atomic E-state index is 0.0144. The molecular weight excluding hydrogens is 281 g/mol. The molecule has 1 aliphatic heterocycles. The maximum atomic E-state index is 10.8. The fraction of sp³-hybridized carbons (Fsp3) is 0.222. The molecule has 13 heavy (non-hydrogen) atoms. The maximum absolute atomic E-state index is 10.8. The van der Waals surface area contributed by atoms with E-state index in [1.165, 1.54) is 0 Å². The summed E-state index contributed by atoms with van der Waals surface area (Å²) in [5.41, 5.74) is 1.12. The van der Waals surface area contributed by atoms with Crippen molar-refractivity contribution in [1.82, 2.24) is 5.32 Å². The summed E-state index contributed by atoms with van der Waals surface area (Å²) >= 11 is 2.25. The fourth-order valence-electron chi connectivity index (χ4n) is 1.31. The molecule has 1 N–H and O–H groups in total. The van der Waals surface area contributed by atoms with Gasteiger partial charge in [0.15, 0.2) is 0 Å². The van der Waals surface area contributed by atoms with E-state index in [4.69, 9.17) is 4.74 Å². The Balaban J connectivity index is 2.26. The van der Waals surface area contributed by atoms with Gasteiger partial charge >= 0.3 is 6.09 Å². The van der Waals surface area contributed by atoms with Crippen LogP contribution in [-0.2, 0) is 4.74 Å². The molecule has 1 aromatic carbocycles. The highest BCUT2D eigenvalue weighted by molar-refractivity contribution is 14.1. The Morgan fingerprint density at radius 2 is 2.23 bits per heavy atom. The number of benzene rings is 1. The Hall–Kier alpha value is -0.780. The lowest BCUT2D eigenvalue weighted by molar-refractivity contribution is 0.177. The van der Waals surface area contributed by atoms with Crippen LogP contribution in [0.25, 0.3) is 0 Å². The van der Waals surface area contributed by atoms with E-state index in [0.29, 0.717) is 6.61 Å². The van der Waals surface area contributed by atoms with Crippen LogP contribution in [-0.4, -0.2) is 12.7 Å². The summed E-state index contributed by atoms with van der Waals surface area (Å²) in [7, 11) is 0. The van der Waals surface area contributed by atoms with Gasteiger partial charge in [0.1, 0.15) is 6.61 Å². The number of ether oxygens (including phenoxy) is 1. The van der Waals surface area contributed by atoms with Crippen LogP contribution in [0.15, 0.2) is 24.3 Å². The lowest BCUT2D eigenvalue weighted by Gasteiger charge is -2.08. The van der Waals surface area contributed by atoms with E-state index in [1.807, 2.05) is 24.3 Å². The summed E-state index contributed by atoms with van der Waals surface area (Å²) in [5, 5.41) is 2.75. The van der Waals surface area contributed by atoms with Gasteiger partial charge < -0.3 is 10.1 Å². The van der Waals surface area contributed by atoms with Crippen molar-refractivity contribution >= 4 is 28.7 Å². The number of hydrogen-bond donors (Lipinski definition) is 1. The molecule has 1 heterocycles. The van der Waals surface area contributed by atoms with E-state index in [-0.39, 0.29) is 12.1 Å². The number of carbonyl (C=O) groups excluding carboxylic acids is 1. The van der Waals surface area contributed by atoms with Crippen molar-refractivity contribution in [3.05, 3.63) is 33.4 Å². The minimum atomic E-state index is -0.329. The van der Waals surface area contributed by atoms with E-state index in [2.05, 4.69) is 27.9 Å². The molecule has 1 saturated heterocycles. The molecule has 0 spiro atoms. The van der Waals surface area contributed by atoms with Crippen molar-refractivity contribution in [2.75, 3.05) is 6.61 Å². The Morgan fingerprint density at radius 1 is 1.46 bits per heavy atom. The zero-order valence-corrected chi connectivity index (χ0v) is 8.95. The topological polar surface area (TPSA) is 38.3 Å². The molecule has 0 unspecified atom stereocenters. The van der Waals surface area contributed by atoms with Gasteiger partial charge in [0.05, 0.1) is 6.04 Å². The molecule has 0 aromatic heterocycles. The first-order valence-corrected chi connectivity index (χ1v) is 5.03. The van der Waals surface area contributed by atoms with Gasteiger partial charge in [-0.05, 0) is 34.2 Å². The average Bonchev–Trinajstić information content (AvgIpc) is 2.53. The Morgan fingerprint density at radius 3 is 2.85 bits per heavy atom. The van der Waals surface area contributed by atoms with Crippen LogP contribution >= 0.6 is 22.6 Å². The van der Waals surface area contributed by atoms with Crippen LogP contribution < -0.4 is 5.32 Å². The van der Waals surface area contributed by atoms with Crippen molar-refractivity contribution in [2.24, 2.45) is 0 Å². The van der Waals surface area contributed by atoms with E-state index in [0.717, 1.165) is 9.13 Å². The van der Waals surface area contributed by atoms with Gasteiger partial charge in [-0.15, -0.1) is 0 Å². The van der Waals surface area contributed by atoms with E-state index in [1.54, 1.807) is 0 Å². The van der Waals surface area contributed by atoms with Crippen LogP contribution in [0.2, 0.25) is 0 Å². The molecule has 0 radical (unpaired) electrons. The highest BCUT2D eigenvalue weighted by atomic mass is 127. The summed E-state index contributed by atoms with van der Waals surface area (Å²) in [6.07, 6.45) is -0.329. The second kappa shape index (κ2) is 3.53. The number of amides is 1. The quantitative estimate of drug-likeness (QED) is 0.804. The molecule has 0 saturated carbocycles. The first-order valence-electron chi connectivity index (χ1n) is 3.95. The van der Waals surface area contributed by atoms with Crippen LogP contribution in [0.5, 0.6) is 0 Å². The molecule has 3 nitrogen and oxygen atoms in total. The highest BCUT2D eigenvalue weighted by Gasteiger charge is 2.24. The predicted molar refractivity (Wildman–Crippen MR) is 56.4 cm³/mol. The van der Waals surface area contributed by atoms with E-state index in [9.17, 15) is 4.79 Å². The van der Waals surface area contributed by atoms with Crippen LogP contribution in [0.3, 0.4) is 0 Å². The molecule has 1 amide bonds. The molecule has 2 rings (SSSR count). The first kappa shape index (κ1) is 8.80. The third-order valence-electron chi connectivity index (χ3n) is 1.95. The Labute approximate surface area is 89.6 Å². The molecule has 0 aliphatic carbocycles. The van der Waals surface area contributed by atoms with Gasteiger partial charge in [0.25, 0.3) is 0 Å². The van der Waals surface area contributed by atoms with Gasteiger partial charge in [-0.3, -0.25) is 0 Å². The fourth-order valence-corrected chi connectivity index (χ4v) is 2.07. The normalized spacial score (nSPS) is 21.0. The number of rotatable bonds is 1. The monoisotopic (exact) mass is 289 g/mol. The third kappa shape index (κ3) is 1.77. The largest absolute Gasteiger partial charge is 0.447 e. The van der Waals surface area contributed by atoms with E-state index < -0.39 is 0 Å². The molecule has 1 aliphatic rings. The van der Waals surface area contributed by atoms with E-state index >= 15 is 0 Å². The highest BCUT2D eigenvalue weighted by Crippen LogP contribution is 2.22. The van der Waals surface area contributed by atoms with Crippen LogP contribution in [0.1, 0.15) is 11.6 Å². The lowest BCUT2D eigenvalue weighted by Crippen LogP contribution is -2.18. The van der Waals surface area contributed by atoms with Gasteiger partial charge in [0, 0.05) is 3.57 Å². The van der Waals surface area contributed by atoms with Crippen molar-refractivity contribution < 1.29 is 9.53 Å². The smallest absolute Gasteiger partial charge is 0.407 e. The van der Waals surface area contributed by atoms with Crippen molar-refractivity contribution in [1.29, 1.82) is 0 Å². The Bertz CT molecular complexity index is 340. The zero-order chi connectivity index (χ0) is 9.26. The zero-order valence-electron chi connectivity index (χ0n) is 6.79.